The third-order valence-electron chi connectivity index (χ3n) is 4.70. The van der Waals surface area contributed by atoms with Gasteiger partial charge in [0.1, 0.15) is 10.0 Å². The van der Waals surface area contributed by atoms with E-state index < -0.39 is 0 Å². The molecule has 1 aromatic rings. The first-order chi connectivity index (χ1) is 10.8. The van der Waals surface area contributed by atoms with Crippen molar-refractivity contribution in [1.82, 2.24) is 25.3 Å². The first-order valence-corrected chi connectivity index (χ1v) is 9.27. The van der Waals surface area contributed by atoms with E-state index >= 15 is 0 Å². The van der Waals surface area contributed by atoms with Gasteiger partial charge < -0.3 is 10.2 Å². The van der Waals surface area contributed by atoms with E-state index in [1.807, 2.05) is 4.90 Å². The van der Waals surface area contributed by atoms with Gasteiger partial charge in [0.2, 0.25) is 0 Å². The summed E-state index contributed by atoms with van der Waals surface area (Å²) in [6, 6.07) is 0.839. The summed E-state index contributed by atoms with van der Waals surface area (Å²) < 4.78 is 0. The predicted molar refractivity (Wildman–Crippen MR) is 91.6 cm³/mol. The van der Waals surface area contributed by atoms with Crippen molar-refractivity contribution in [2.75, 3.05) is 19.6 Å². The lowest BCUT2D eigenvalue weighted by molar-refractivity contribution is 0.0802. The topological polar surface area (TPSA) is 61.4 Å². The van der Waals surface area contributed by atoms with Gasteiger partial charge >= 0.3 is 6.03 Å². The largest absolute Gasteiger partial charge is 0.331 e. The van der Waals surface area contributed by atoms with Crippen LogP contribution in [0.25, 0.3) is 0 Å². The molecule has 0 spiro atoms. The van der Waals surface area contributed by atoms with Gasteiger partial charge in [0.05, 0.1) is 6.54 Å². The summed E-state index contributed by atoms with van der Waals surface area (Å²) in [4.78, 5) is 17.0. The van der Waals surface area contributed by atoms with Gasteiger partial charge in [-0.15, -0.1) is 10.2 Å². The zero-order valence-corrected chi connectivity index (χ0v) is 15.3. The minimum absolute atomic E-state index is 0.00718. The van der Waals surface area contributed by atoms with Crippen LogP contribution in [0.15, 0.2) is 0 Å². The van der Waals surface area contributed by atoms with Crippen molar-refractivity contribution >= 4 is 17.4 Å². The van der Waals surface area contributed by atoms with Crippen molar-refractivity contribution in [3.8, 4) is 0 Å². The smallest absolute Gasteiger partial charge is 0.318 e. The fourth-order valence-corrected chi connectivity index (χ4v) is 4.19. The number of aromatic nitrogens is 2. The lowest BCUT2D eigenvalue weighted by Gasteiger charge is -2.42. The Kier molecular flexibility index (Phi) is 4.60. The number of piperazine rings is 1. The van der Waals surface area contributed by atoms with E-state index in [2.05, 4.69) is 48.1 Å². The van der Waals surface area contributed by atoms with Gasteiger partial charge in [-0.05, 0) is 26.3 Å². The zero-order chi connectivity index (χ0) is 16.6. The first kappa shape index (κ1) is 16.6. The molecule has 6 nitrogen and oxygen atoms in total. The molecular weight excluding hydrogens is 310 g/mol. The molecule has 3 heterocycles. The Labute approximate surface area is 142 Å². The standard InChI is InChI=1S/C16H27N5OS/c1-11-9-20-7-5-6-12(20)10-21(11)15(22)17-8-13-18-19-14(23-13)16(2,3)4/h11-12H,5-10H2,1-4H3,(H,17,22)/t11-,12+/m1/s1. The van der Waals surface area contributed by atoms with E-state index in [1.54, 1.807) is 11.3 Å². The lowest BCUT2D eigenvalue weighted by Crippen LogP contribution is -2.58. The van der Waals surface area contributed by atoms with Crippen LogP contribution in [0.5, 0.6) is 0 Å². The lowest BCUT2D eigenvalue weighted by atomic mass is 9.98. The van der Waals surface area contributed by atoms with E-state index in [9.17, 15) is 4.79 Å². The van der Waals surface area contributed by atoms with Gasteiger partial charge in [-0.3, -0.25) is 4.90 Å². The van der Waals surface area contributed by atoms with Crippen LogP contribution in [-0.4, -0.2) is 57.7 Å². The fourth-order valence-electron chi connectivity index (χ4n) is 3.35. The second-order valence-electron chi connectivity index (χ2n) is 7.70. The maximum atomic E-state index is 12.5. The minimum Gasteiger partial charge on any atom is -0.331 e. The van der Waals surface area contributed by atoms with E-state index in [0.29, 0.717) is 12.6 Å². The van der Waals surface area contributed by atoms with E-state index in [1.165, 1.54) is 19.4 Å². The molecule has 2 aliphatic rings. The highest BCUT2D eigenvalue weighted by Gasteiger charge is 2.36. The Morgan fingerprint density at radius 1 is 1.35 bits per heavy atom. The molecule has 2 saturated heterocycles. The first-order valence-electron chi connectivity index (χ1n) is 8.46. The summed E-state index contributed by atoms with van der Waals surface area (Å²) >= 11 is 1.58. The summed E-state index contributed by atoms with van der Waals surface area (Å²) in [6.45, 7) is 12.0. The SMILES string of the molecule is C[C@@H]1CN2CCC[C@H]2CN1C(=O)NCc1nnc(C(C)(C)C)s1. The second-order valence-corrected chi connectivity index (χ2v) is 8.76. The number of carbonyl (C=O) groups is 1. The number of fused-ring (bicyclic) bond motifs is 1. The molecule has 0 radical (unpaired) electrons. The third-order valence-corrected chi connectivity index (χ3v) is 6.05. The number of nitrogens with one attached hydrogen (secondary N) is 1. The van der Waals surface area contributed by atoms with Crippen LogP contribution in [0.2, 0.25) is 0 Å². The van der Waals surface area contributed by atoms with E-state index in [0.717, 1.165) is 23.1 Å². The van der Waals surface area contributed by atoms with Gasteiger partial charge in [-0.2, -0.15) is 0 Å². The van der Waals surface area contributed by atoms with Crippen molar-refractivity contribution in [1.29, 1.82) is 0 Å². The Morgan fingerprint density at radius 3 is 2.83 bits per heavy atom. The summed E-state index contributed by atoms with van der Waals surface area (Å²) in [5, 5.41) is 13.3. The molecule has 1 aromatic heterocycles. The van der Waals surface area contributed by atoms with Crippen molar-refractivity contribution in [2.24, 2.45) is 0 Å². The molecule has 2 fully saturated rings. The highest BCUT2D eigenvalue weighted by atomic mass is 32.1. The average Bonchev–Trinajstić information content (AvgIpc) is 3.11. The Morgan fingerprint density at radius 2 is 2.13 bits per heavy atom. The molecule has 0 bridgehead atoms. The summed E-state index contributed by atoms with van der Waals surface area (Å²) in [7, 11) is 0. The van der Waals surface area contributed by atoms with Gasteiger partial charge in [-0.1, -0.05) is 32.1 Å². The normalized spacial score (nSPS) is 25.5. The molecule has 2 aliphatic heterocycles. The molecule has 0 unspecified atom stereocenters. The fraction of sp³-hybridized carbons (Fsp3) is 0.812. The molecule has 0 saturated carbocycles. The molecule has 0 aliphatic carbocycles. The molecule has 2 amide bonds. The number of carbonyl (C=O) groups excluding carboxylic acids is 1. The van der Waals surface area contributed by atoms with Gasteiger partial charge in [0, 0.05) is 30.6 Å². The van der Waals surface area contributed by atoms with Gasteiger partial charge in [-0.25, -0.2) is 4.79 Å². The van der Waals surface area contributed by atoms with Crippen LogP contribution in [-0.2, 0) is 12.0 Å². The highest BCUT2D eigenvalue weighted by Crippen LogP contribution is 2.26. The highest BCUT2D eigenvalue weighted by molar-refractivity contribution is 7.11. The molecule has 7 heteroatoms. The Balaban J connectivity index is 1.55. The monoisotopic (exact) mass is 337 g/mol. The minimum atomic E-state index is 0.00718. The van der Waals surface area contributed by atoms with Gasteiger partial charge in [0.25, 0.3) is 0 Å². The molecule has 2 atom stereocenters. The van der Waals surface area contributed by atoms with Crippen molar-refractivity contribution in [3.05, 3.63) is 10.0 Å². The summed E-state index contributed by atoms with van der Waals surface area (Å²) in [5.74, 6) is 0. The quantitative estimate of drug-likeness (QED) is 0.899. The number of amides is 2. The van der Waals surface area contributed by atoms with Gasteiger partial charge in [0.15, 0.2) is 0 Å². The van der Waals surface area contributed by atoms with Crippen LogP contribution in [0.3, 0.4) is 0 Å². The molecule has 128 valence electrons. The second kappa shape index (κ2) is 6.36. The number of hydrogen-bond acceptors (Lipinski definition) is 5. The Hall–Kier alpha value is -1.21. The van der Waals surface area contributed by atoms with Crippen molar-refractivity contribution in [2.45, 2.75) is 64.6 Å². The summed E-state index contributed by atoms with van der Waals surface area (Å²) in [6.07, 6.45) is 2.47. The Bertz CT molecular complexity index is 567. The third kappa shape index (κ3) is 3.66. The molecule has 23 heavy (non-hydrogen) atoms. The van der Waals surface area contributed by atoms with Crippen LogP contribution in [0.4, 0.5) is 4.79 Å². The predicted octanol–water partition coefficient (Wildman–Crippen LogP) is 2.21. The zero-order valence-electron chi connectivity index (χ0n) is 14.5. The number of hydrogen-bond donors (Lipinski definition) is 1. The van der Waals surface area contributed by atoms with Crippen LogP contribution in [0, 0.1) is 0 Å². The van der Waals surface area contributed by atoms with Crippen molar-refractivity contribution in [3.63, 3.8) is 0 Å². The van der Waals surface area contributed by atoms with Crippen LogP contribution >= 0.6 is 11.3 Å². The maximum absolute atomic E-state index is 12.5. The molecule has 1 N–H and O–H groups in total. The maximum Gasteiger partial charge on any atom is 0.318 e. The van der Waals surface area contributed by atoms with Crippen LogP contribution in [0.1, 0.15) is 50.6 Å². The molecule has 3 rings (SSSR count). The number of urea groups is 1. The average molecular weight is 337 g/mol. The van der Waals surface area contributed by atoms with E-state index in [-0.39, 0.29) is 17.5 Å². The number of nitrogens with zero attached hydrogens (tertiary/aromatic N) is 4. The molecular formula is C16H27N5OS. The molecule has 0 aromatic carbocycles. The van der Waals surface area contributed by atoms with Crippen molar-refractivity contribution < 1.29 is 4.79 Å². The number of rotatable bonds is 2. The summed E-state index contributed by atoms with van der Waals surface area (Å²) in [5.41, 5.74) is 0.00718. The van der Waals surface area contributed by atoms with E-state index in [4.69, 9.17) is 0 Å². The van der Waals surface area contributed by atoms with Crippen LogP contribution < -0.4 is 5.32 Å².